The fourth-order valence-corrected chi connectivity index (χ4v) is 3.69. The van der Waals surface area contributed by atoms with Crippen molar-refractivity contribution in [3.8, 4) is 16.3 Å². The number of carbonyl (C=O) groups excluding carboxylic acids is 1. The Kier molecular flexibility index (Phi) is 3.62. The summed E-state index contributed by atoms with van der Waals surface area (Å²) in [6.07, 6.45) is 1.42. The van der Waals surface area contributed by atoms with E-state index < -0.39 is 5.97 Å². The molecule has 2 heterocycles. The topological polar surface area (TPSA) is 69.4 Å². The number of para-hydroxylation sites is 1. The zero-order chi connectivity index (χ0) is 17.6. The summed E-state index contributed by atoms with van der Waals surface area (Å²) in [7, 11) is 0. The molecule has 0 bridgehead atoms. The molecule has 0 saturated carbocycles. The zero-order valence-corrected chi connectivity index (χ0v) is 14.3. The van der Waals surface area contributed by atoms with Crippen LogP contribution in [0.2, 0.25) is 0 Å². The summed E-state index contributed by atoms with van der Waals surface area (Å²) in [6.45, 7) is 3.08. The highest BCUT2D eigenvalue weighted by atomic mass is 32.1. The summed E-state index contributed by atoms with van der Waals surface area (Å²) in [4.78, 5) is 28.6. The second-order valence-corrected chi connectivity index (χ2v) is 6.65. The third-order valence-electron chi connectivity index (χ3n) is 3.92. The van der Waals surface area contributed by atoms with Crippen molar-refractivity contribution >= 4 is 38.5 Å². The number of thiazole rings is 1. The lowest BCUT2D eigenvalue weighted by Crippen LogP contribution is -2.07. The van der Waals surface area contributed by atoms with Crippen molar-refractivity contribution in [2.75, 3.05) is 0 Å². The van der Waals surface area contributed by atoms with E-state index in [1.54, 1.807) is 19.1 Å². The maximum Gasteiger partial charge on any atom is 0.308 e. The molecule has 4 aromatic rings. The molecule has 6 heteroatoms. The molecule has 0 aliphatic rings. The first-order valence-electron chi connectivity index (χ1n) is 7.64. The van der Waals surface area contributed by atoms with E-state index in [-0.39, 0.29) is 5.43 Å². The van der Waals surface area contributed by atoms with Crippen LogP contribution >= 0.6 is 11.3 Å². The number of rotatable bonds is 2. The normalized spacial score (nSPS) is 11.1. The van der Waals surface area contributed by atoms with Crippen LogP contribution in [-0.4, -0.2) is 11.0 Å². The molecular weight excluding hydrogens is 338 g/mol. The molecular formula is C19H13NO4S. The molecule has 0 radical (unpaired) electrons. The summed E-state index contributed by atoms with van der Waals surface area (Å²) in [6, 6.07) is 10.9. The van der Waals surface area contributed by atoms with Gasteiger partial charge in [0.05, 0.1) is 21.2 Å². The maximum absolute atomic E-state index is 12.9. The summed E-state index contributed by atoms with van der Waals surface area (Å²) < 4.78 is 11.9. The molecule has 4 rings (SSSR count). The van der Waals surface area contributed by atoms with Gasteiger partial charge in [-0.2, -0.15) is 0 Å². The second-order valence-electron chi connectivity index (χ2n) is 5.62. The van der Waals surface area contributed by atoms with Gasteiger partial charge < -0.3 is 9.15 Å². The minimum absolute atomic E-state index is 0.155. The van der Waals surface area contributed by atoms with Crippen LogP contribution in [0, 0.1) is 6.92 Å². The van der Waals surface area contributed by atoms with Crippen molar-refractivity contribution in [2.24, 2.45) is 0 Å². The van der Waals surface area contributed by atoms with Crippen molar-refractivity contribution in [3.63, 3.8) is 0 Å². The van der Waals surface area contributed by atoms with E-state index in [2.05, 4.69) is 4.98 Å². The third kappa shape index (κ3) is 2.60. The molecule has 2 aromatic heterocycles. The Morgan fingerprint density at radius 1 is 1.20 bits per heavy atom. The van der Waals surface area contributed by atoms with Gasteiger partial charge in [-0.25, -0.2) is 4.98 Å². The molecule has 0 fully saturated rings. The molecule has 2 aromatic carbocycles. The lowest BCUT2D eigenvalue weighted by atomic mass is 10.1. The molecule has 124 valence electrons. The van der Waals surface area contributed by atoms with Crippen LogP contribution in [0.25, 0.3) is 31.8 Å². The van der Waals surface area contributed by atoms with Crippen molar-refractivity contribution in [1.82, 2.24) is 4.98 Å². The number of esters is 1. The largest absolute Gasteiger partial charge is 0.463 e. The summed E-state index contributed by atoms with van der Waals surface area (Å²) in [5.41, 5.74) is 2.14. The van der Waals surface area contributed by atoms with E-state index in [0.717, 1.165) is 10.2 Å². The fraction of sp³-hybridized carbons (Fsp3) is 0.105. The Balaban J connectivity index is 1.91. The summed E-state index contributed by atoms with van der Waals surface area (Å²) in [5.74, 6) is -0.0354. The Bertz CT molecular complexity index is 1160. The van der Waals surface area contributed by atoms with Gasteiger partial charge >= 0.3 is 5.97 Å². The van der Waals surface area contributed by atoms with E-state index >= 15 is 0 Å². The summed E-state index contributed by atoms with van der Waals surface area (Å²) >= 11 is 1.45. The van der Waals surface area contributed by atoms with Crippen LogP contribution in [0.5, 0.6) is 5.75 Å². The number of hydrogen-bond acceptors (Lipinski definition) is 6. The highest BCUT2D eigenvalue weighted by Crippen LogP contribution is 2.31. The number of carbonyl (C=O) groups is 1. The van der Waals surface area contributed by atoms with Gasteiger partial charge in [-0.1, -0.05) is 12.1 Å². The molecule has 0 spiro atoms. The molecule has 0 unspecified atom stereocenters. The minimum atomic E-state index is -0.420. The van der Waals surface area contributed by atoms with Crippen LogP contribution in [0.1, 0.15) is 12.5 Å². The van der Waals surface area contributed by atoms with Crippen LogP contribution in [0.15, 0.2) is 51.9 Å². The fourth-order valence-electron chi connectivity index (χ4n) is 2.72. The number of aromatic nitrogens is 1. The quantitative estimate of drug-likeness (QED) is 0.398. The number of hydrogen-bond donors (Lipinski definition) is 0. The predicted molar refractivity (Wildman–Crippen MR) is 97.1 cm³/mol. The molecule has 0 aliphatic heterocycles. The Morgan fingerprint density at radius 2 is 2.00 bits per heavy atom. The van der Waals surface area contributed by atoms with Crippen LogP contribution in [-0.2, 0) is 4.79 Å². The third-order valence-corrected chi connectivity index (χ3v) is 4.99. The highest BCUT2D eigenvalue weighted by molar-refractivity contribution is 7.21. The van der Waals surface area contributed by atoms with E-state index in [9.17, 15) is 9.59 Å². The van der Waals surface area contributed by atoms with Crippen molar-refractivity contribution in [1.29, 1.82) is 0 Å². The lowest BCUT2D eigenvalue weighted by Gasteiger charge is -2.08. The molecule has 0 saturated heterocycles. The molecule has 0 aliphatic carbocycles. The van der Waals surface area contributed by atoms with Crippen molar-refractivity contribution < 1.29 is 13.9 Å². The van der Waals surface area contributed by atoms with Crippen LogP contribution in [0.4, 0.5) is 0 Å². The first kappa shape index (κ1) is 15.5. The van der Waals surface area contributed by atoms with Gasteiger partial charge in [0.2, 0.25) is 5.43 Å². The minimum Gasteiger partial charge on any atom is -0.463 e. The SMILES string of the molecule is CC(=O)Oc1ccc2c(=O)c(-c3nc4ccccc4s3)coc2c1C. The smallest absolute Gasteiger partial charge is 0.308 e. The molecule has 5 nitrogen and oxygen atoms in total. The standard InChI is InChI=1S/C19H13NO4S/c1-10-15(24-11(2)21)8-7-12-17(22)13(9-23-18(10)12)19-20-14-5-3-4-6-16(14)25-19/h3-9H,1-2H3. The Morgan fingerprint density at radius 3 is 2.76 bits per heavy atom. The first-order chi connectivity index (χ1) is 12.0. The monoisotopic (exact) mass is 351 g/mol. The Hall–Kier alpha value is -2.99. The average Bonchev–Trinajstić information content (AvgIpc) is 3.01. The molecule has 0 amide bonds. The number of benzene rings is 2. The number of fused-ring (bicyclic) bond motifs is 2. The van der Waals surface area contributed by atoms with E-state index in [0.29, 0.717) is 32.9 Å². The van der Waals surface area contributed by atoms with Crippen LogP contribution in [0.3, 0.4) is 0 Å². The zero-order valence-electron chi connectivity index (χ0n) is 13.5. The van der Waals surface area contributed by atoms with Gasteiger partial charge in [0.15, 0.2) is 0 Å². The van der Waals surface area contributed by atoms with Crippen LogP contribution < -0.4 is 10.2 Å². The molecule has 25 heavy (non-hydrogen) atoms. The predicted octanol–water partition coefficient (Wildman–Crippen LogP) is 4.30. The number of aryl methyl sites for hydroxylation is 1. The highest BCUT2D eigenvalue weighted by Gasteiger charge is 2.16. The Labute approximate surface area is 146 Å². The van der Waals surface area contributed by atoms with Crippen molar-refractivity contribution in [2.45, 2.75) is 13.8 Å². The number of ether oxygens (including phenoxy) is 1. The van der Waals surface area contributed by atoms with Gasteiger partial charge in [-0.05, 0) is 31.2 Å². The second kappa shape index (κ2) is 5.82. The average molecular weight is 351 g/mol. The van der Waals surface area contributed by atoms with Gasteiger partial charge in [0, 0.05) is 12.5 Å². The van der Waals surface area contributed by atoms with E-state index in [4.69, 9.17) is 9.15 Å². The van der Waals surface area contributed by atoms with E-state index in [1.807, 2.05) is 24.3 Å². The van der Waals surface area contributed by atoms with Gasteiger partial charge in [-0.3, -0.25) is 9.59 Å². The lowest BCUT2D eigenvalue weighted by molar-refractivity contribution is -0.131. The van der Waals surface area contributed by atoms with Gasteiger partial charge in [0.1, 0.15) is 22.6 Å². The summed E-state index contributed by atoms with van der Waals surface area (Å²) in [5, 5.41) is 1.06. The van der Waals surface area contributed by atoms with Gasteiger partial charge in [0.25, 0.3) is 0 Å². The van der Waals surface area contributed by atoms with Gasteiger partial charge in [-0.15, -0.1) is 11.3 Å². The van der Waals surface area contributed by atoms with Crippen molar-refractivity contribution in [3.05, 3.63) is 58.4 Å². The maximum atomic E-state index is 12.9. The number of nitrogens with zero attached hydrogens (tertiary/aromatic N) is 1. The van der Waals surface area contributed by atoms with E-state index in [1.165, 1.54) is 24.5 Å². The molecule has 0 atom stereocenters. The molecule has 0 N–H and O–H groups in total. The first-order valence-corrected chi connectivity index (χ1v) is 8.45.